The van der Waals surface area contributed by atoms with Gasteiger partial charge in [-0.2, -0.15) is 0 Å². The molecule has 17 heavy (non-hydrogen) atoms. The molecular formula is C12H24N2O3. The summed E-state index contributed by atoms with van der Waals surface area (Å²) >= 11 is 0. The Morgan fingerprint density at radius 3 is 2.29 bits per heavy atom. The molecule has 0 spiro atoms. The quantitative estimate of drug-likeness (QED) is 0.643. The first kappa shape index (κ1) is 16.1. The van der Waals surface area contributed by atoms with Crippen LogP contribution in [0.15, 0.2) is 0 Å². The second kappa shape index (κ2) is 6.71. The van der Waals surface area contributed by atoms with Crippen LogP contribution in [-0.2, 0) is 9.59 Å². The van der Waals surface area contributed by atoms with Crippen LogP contribution in [0.4, 0.5) is 0 Å². The van der Waals surface area contributed by atoms with Crippen LogP contribution in [0.3, 0.4) is 0 Å². The summed E-state index contributed by atoms with van der Waals surface area (Å²) in [6.45, 7) is 8.35. The highest BCUT2D eigenvalue weighted by atomic mass is 16.3. The smallest absolute Gasteiger partial charge is 0.240 e. The number of nitrogens with two attached hydrogens (primary N) is 1. The maximum Gasteiger partial charge on any atom is 0.240 e. The van der Waals surface area contributed by atoms with Crippen molar-refractivity contribution >= 4 is 12.2 Å². The second-order valence-electron chi connectivity index (χ2n) is 5.31. The molecule has 3 N–H and O–H groups in total. The number of carbonyl (C=O) groups excluding carboxylic acids is 2. The zero-order chi connectivity index (χ0) is 13.6. The van der Waals surface area contributed by atoms with Gasteiger partial charge in [-0.15, -0.1) is 0 Å². The SMILES string of the molecule is CC(C)(C)C(N)C(=O)N1CCC(O)C1.CC=O. The number of nitrogens with zero attached hydrogens (tertiary/aromatic N) is 1. The molecule has 2 unspecified atom stereocenters. The van der Waals surface area contributed by atoms with Gasteiger partial charge in [0.1, 0.15) is 6.29 Å². The summed E-state index contributed by atoms with van der Waals surface area (Å²) in [6, 6.07) is -0.479. The minimum absolute atomic E-state index is 0.0472. The van der Waals surface area contributed by atoms with Gasteiger partial charge in [-0.05, 0) is 18.8 Å². The topological polar surface area (TPSA) is 83.6 Å². The van der Waals surface area contributed by atoms with Gasteiger partial charge in [0.05, 0.1) is 12.1 Å². The van der Waals surface area contributed by atoms with Crippen LogP contribution in [0.2, 0.25) is 0 Å². The Bertz CT molecular complexity index is 261. The van der Waals surface area contributed by atoms with E-state index in [1.165, 1.54) is 6.92 Å². The lowest BCUT2D eigenvalue weighted by molar-refractivity contribution is -0.134. The molecule has 1 aliphatic heterocycles. The highest BCUT2D eigenvalue weighted by Crippen LogP contribution is 2.21. The molecule has 1 fully saturated rings. The van der Waals surface area contributed by atoms with Gasteiger partial charge >= 0.3 is 0 Å². The third-order valence-electron chi connectivity index (χ3n) is 2.67. The fraction of sp³-hybridized carbons (Fsp3) is 0.833. The lowest BCUT2D eigenvalue weighted by Crippen LogP contribution is -2.49. The van der Waals surface area contributed by atoms with E-state index in [0.717, 1.165) is 6.29 Å². The summed E-state index contributed by atoms with van der Waals surface area (Å²) < 4.78 is 0. The van der Waals surface area contributed by atoms with E-state index in [4.69, 9.17) is 10.5 Å². The summed E-state index contributed by atoms with van der Waals surface area (Å²) in [6.07, 6.45) is 1.05. The molecule has 0 radical (unpaired) electrons. The molecule has 1 rings (SSSR count). The van der Waals surface area contributed by atoms with Crippen molar-refractivity contribution in [1.29, 1.82) is 0 Å². The van der Waals surface area contributed by atoms with Gasteiger partial charge in [0.25, 0.3) is 0 Å². The summed E-state index contributed by atoms with van der Waals surface area (Å²) in [7, 11) is 0. The molecule has 1 amide bonds. The molecule has 1 heterocycles. The summed E-state index contributed by atoms with van der Waals surface area (Å²) in [5.41, 5.74) is 5.63. The standard InChI is InChI=1S/C10H20N2O2.C2H4O/c1-10(2,3)8(11)9(14)12-5-4-7(13)6-12;1-2-3/h7-8,13H,4-6,11H2,1-3H3;2H,1H3. The number of β-amino-alcohol motifs (C(OH)–C–C–N with tert-alkyl or cyclic N) is 1. The molecule has 100 valence electrons. The average Bonchev–Trinajstić information content (AvgIpc) is 2.62. The molecule has 1 saturated heterocycles. The second-order valence-corrected chi connectivity index (χ2v) is 5.31. The van der Waals surface area contributed by atoms with Crippen molar-refractivity contribution in [2.45, 2.75) is 46.3 Å². The molecule has 0 aromatic carbocycles. The largest absolute Gasteiger partial charge is 0.391 e. The van der Waals surface area contributed by atoms with Crippen molar-refractivity contribution in [1.82, 2.24) is 4.90 Å². The Kier molecular flexibility index (Phi) is 6.34. The van der Waals surface area contributed by atoms with Crippen molar-refractivity contribution in [2.75, 3.05) is 13.1 Å². The number of carbonyl (C=O) groups is 2. The minimum atomic E-state index is -0.479. The van der Waals surface area contributed by atoms with Crippen molar-refractivity contribution in [3.63, 3.8) is 0 Å². The molecule has 0 aromatic heterocycles. The van der Waals surface area contributed by atoms with Crippen LogP contribution in [0.5, 0.6) is 0 Å². The fourth-order valence-electron chi connectivity index (χ4n) is 1.51. The van der Waals surface area contributed by atoms with Crippen molar-refractivity contribution in [3.8, 4) is 0 Å². The lowest BCUT2D eigenvalue weighted by atomic mass is 9.86. The normalized spacial score (nSPS) is 21.5. The van der Waals surface area contributed by atoms with Gasteiger partial charge in [0.15, 0.2) is 0 Å². The predicted octanol–water partition coefficient (Wildman–Crippen LogP) is 0.158. The Hall–Kier alpha value is -0.940. The van der Waals surface area contributed by atoms with E-state index >= 15 is 0 Å². The Balaban J connectivity index is 0.000000770. The maximum atomic E-state index is 11.8. The van der Waals surface area contributed by atoms with Crippen LogP contribution in [0, 0.1) is 5.41 Å². The van der Waals surface area contributed by atoms with E-state index < -0.39 is 6.04 Å². The van der Waals surface area contributed by atoms with E-state index in [0.29, 0.717) is 19.5 Å². The van der Waals surface area contributed by atoms with Gasteiger partial charge in [-0.25, -0.2) is 0 Å². The molecular weight excluding hydrogens is 220 g/mol. The number of rotatable bonds is 1. The van der Waals surface area contributed by atoms with Gasteiger partial charge in [-0.3, -0.25) is 4.79 Å². The number of aliphatic hydroxyl groups excluding tert-OH is 1. The van der Waals surface area contributed by atoms with Crippen LogP contribution < -0.4 is 5.73 Å². The van der Waals surface area contributed by atoms with Gasteiger partial charge in [0.2, 0.25) is 5.91 Å². The first-order chi connectivity index (χ1) is 7.73. The summed E-state index contributed by atoms with van der Waals surface area (Å²) in [4.78, 5) is 22.3. The van der Waals surface area contributed by atoms with Crippen LogP contribution in [0.25, 0.3) is 0 Å². The first-order valence-electron chi connectivity index (χ1n) is 5.86. The molecule has 0 bridgehead atoms. The minimum Gasteiger partial charge on any atom is -0.391 e. The molecule has 0 aromatic rings. The van der Waals surface area contributed by atoms with E-state index in [1.807, 2.05) is 20.8 Å². The zero-order valence-electron chi connectivity index (χ0n) is 11.1. The van der Waals surface area contributed by atoms with Crippen molar-refractivity contribution in [3.05, 3.63) is 0 Å². The van der Waals surface area contributed by atoms with E-state index in [9.17, 15) is 9.90 Å². The predicted molar refractivity (Wildman–Crippen MR) is 66.4 cm³/mol. The van der Waals surface area contributed by atoms with E-state index in [2.05, 4.69) is 0 Å². The van der Waals surface area contributed by atoms with Crippen LogP contribution >= 0.6 is 0 Å². The molecule has 5 nitrogen and oxygen atoms in total. The zero-order valence-corrected chi connectivity index (χ0v) is 11.1. The monoisotopic (exact) mass is 244 g/mol. The summed E-state index contributed by atoms with van der Waals surface area (Å²) in [5.74, 6) is -0.0472. The Morgan fingerprint density at radius 2 is 2.00 bits per heavy atom. The van der Waals surface area contributed by atoms with Crippen molar-refractivity contribution < 1.29 is 14.7 Å². The van der Waals surface area contributed by atoms with E-state index in [-0.39, 0.29) is 17.4 Å². The van der Waals surface area contributed by atoms with Gasteiger partial charge in [-0.1, -0.05) is 20.8 Å². The Morgan fingerprint density at radius 1 is 1.53 bits per heavy atom. The maximum absolute atomic E-state index is 11.8. The number of hydrogen-bond donors (Lipinski definition) is 2. The van der Waals surface area contributed by atoms with Gasteiger partial charge < -0.3 is 20.5 Å². The number of likely N-dealkylation sites (tertiary alicyclic amines) is 1. The fourth-order valence-corrected chi connectivity index (χ4v) is 1.51. The van der Waals surface area contributed by atoms with E-state index in [1.54, 1.807) is 4.90 Å². The molecule has 0 aliphatic carbocycles. The number of aliphatic hydroxyl groups is 1. The number of aldehydes is 1. The number of amides is 1. The summed E-state index contributed by atoms with van der Waals surface area (Å²) in [5, 5.41) is 9.30. The average molecular weight is 244 g/mol. The van der Waals surface area contributed by atoms with Crippen molar-refractivity contribution in [2.24, 2.45) is 11.1 Å². The molecule has 1 aliphatic rings. The third kappa shape index (κ3) is 5.28. The molecule has 5 heteroatoms. The molecule has 2 atom stereocenters. The number of hydrogen-bond acceptors (Lipinski definition) is 4. The molecule has 0 saturated carbocycles. The Labute approximate surface area is 103 Å². The highest BCUT2D eigenvalue weighted by Gasteiger charge is 2.34. The third-order valence-corrected chi connectivity index (χ3v) is 2.67. The first-order valence-corrected chi connectivity index (χ1v) is 5.86. The highest BCUT2D eigenvalue weighted by molar-refractivity contribution is 5.82. The van der Waals surface area contributed by atoms with Crippen LogP contribution in [-0.4, -0.2) is 47.4 Å². The van der Waals surface area contributed by atoms with Crippen LogP contribution in [0.1, 0.15) is 34.1 Å². The van der Waals surface area contributed by atoms with Gasteiger partial charge in [0, 0.05) is 13.1 Å². The lowest BCUT2D eigenvalue weighted by Gasteiger charge is -2.29.